The number of nitriles is 1. The van der Waals surface area contributed by atoms with Crippen LogP contribution in [0, 0.1) is 24.1 Å². The van der Waals surface area contributed by atoms with Crippen molar-refractivity contribution in [1.29, 1.82) is 5.26 Å². The number of rotatable bonds is 9. The van der Waals surface area contributed by atoms with Gasteiger partial charge in [0.25, 0.3) is 0 Å². The van der Waals surface area contributed by atoms with Gasteiger partial charge in [0.05, 0.1) is 41.9 Å². The van der Waals surface area contributed by atoms with Crippen LogP contribution in [-0.2, 0) is 24.4 Å². The van der Waals surface area contributed by atoms with E-state index in [2.05, 4.69) is 34.6 Å². The van der Waals surface area contributed by atoms with Crippen molar-refractivity contribution in [3.8, 4) is 17.6 Å². The largest absolute Gasteiger partial charge is 0.490 e. The third kappa shape index (κ3) is 5.96. The van der Waals surface area contributed by atoms with Crippen molar-refractivity contribution in [2.45, 2.75) is 58.1 Å². The van der Waals surface area contributed by atoms with Gasteiger partial charge in [0, 0.05) is 31.3 Å². The number of aromatic nitrogens is 2. The summed E-state index contributed by atoms with van der Waals surface area (Å²) in [5.41, 5.74) is 4.17. The normalized spacial score (nSPS) is 17.9. The van der Waals surface area contributed by atoms with Gasteiger partial charge in [-0.15, -0.1) is 0 Å². The molecule has 0 saturated carbocycles. The van der Waals surface area contributed by atoms with Crippen LogP contribution in [0.25, 0.3) is 11.0 Å². The summed E-state index contributed by atoms with van der Waals surface area (Å²) in [6, 6.07) is 20.3. The van der Waals surface area contributed by atoms with Gasteiger partial charge in [-0.2, -0.15) is 5.26 Å². The molecule has 2 aliphatic rings. The van der Waals surface area contributed by atoms with Gasteiger partial charge in [0.15, 0.2) is 0 Å². The molecule has 3 heterocycles. The fourth-order valence-electron chi connectivity index (χ4n) is 5.35. The Kier molecular flexibility index (Phi) is 7.67. The Balaban J connectivity index is 1.04. The van der Waals surface area contributed by atoms with Crippen molar-refractivity contribution >= 4 is 11.0 Å². The molecule has 7 nitrogen and oxygen atoms in total. The minimum atomic E-state index is -0.444. The molecule has 2 aliphatic heterocycles. The number of fused-ring (bicyclic) bond motifs is 1. The first kappa shape index (κ1) is 26.3. The molecule has 2 fully saturated rings. The van der Waals surface area contributed by atoms with Crippen molar-refractivity contribution in [3.63, 3.8) is 0 Å². The van der Waals surface area contributed by atoms with Gasteiger partial charge < -0.3 is 18.8 Å². The number of halogens is 1. The zero-order valence-electron chi connectivity index (χ0n) is 22.7. The van der Waals surface area contributed by atoms with E-state index >= 15 is 0 Å². The molecular weight excluding hydrogens is 507 g/mol. The molecule has 1 atom stereocenters. The van der Waals surface area contributed by atoms with Crippen molar-refractivity contribution in [2.24, 2.45) is 0 Å². The number of imidazole rings is 1. The molecule has 0 unspecified atom stereocenters. The summed E-state index contributed by atoms with van der Waals surface area (Å²) in [5, 5.41) is 8.92. The van der Waals surface area contributed by atoms with Crippen LogP contribution in [0.15, 0.2) is 60.7 Å². The van der Waals surface area contributed by atoms with E-state index in [9.17, 15) is 4.39 Å². The Hall–Kier alpha value is -3.93. The number of nitrogens with zero attached hydrogens (tertiary/aromatic N) is 4. The summed E-state index contributed by atoms with van der Waals surface area (Å²) in [6.45, 7) is 6.58. The standard InChI is InChI=1S/C32H33FN4O3/c1-22-5-8-30-31(15-22)37(19-28-11-14-38-28)32(35-30)20-36-12-9-25(10-13-36)40-27-4-2-3-26(17-27)39-21-24-7-6-23(18-34)16-29(24)33/h2-8,15-17,25,28H,9-14,19-21H2,1H3/t28-/m0/s1. The van der Waals surface area contributed by atoms with E-state index < -0.39 is 5.82 Å². The van der Waals surface area contributed by atoms with E-state index in [1.165, 1.54) is 17.1 Å². The molecule has 206 valence electrons. The summed E-state index contributed by atoms with van der Waals surface area (Å²) >= 11 is 0. The SMILES string of the molecule is Cc1ccc2nc(CN3CCC(Oc4cccc(OCc5ccc(C#N)cc5F)c4)CC3)n(C[C@@H]3CCO3)c2c1. The summed E-state index contributed by atoms with van der Waals surface area (Å²) in [4.78, 5) is 7.45. The molecule has 6 rings (SSSR count). The average molecular weight is 541 g/mol. The summed E-state index contributed by atoms with van der Waals surface area (Å²) in [6.07, 6.45) is 3.34. The van der Waals surface area contributed by atoms with E-state index in [0.717, 1.165) is 69.1 Å². The molecule has 0 radical (unpaired) electrons. The zero-order chi connectivity index (χ0) is 27.5. The number of benzene rings is 3. The number of likely N-dealkylation sites (tertiary alicyclic amines) is 1. The topological polar surface area (TPSA) is 72.5 Å². The Labute approximate surface area is 233 Å². The quantitative estimate of drug-likeness (QED) is 0.269. The van der Waals surface area contributed by atoms with E-state index in [4.69, 9.17) is 24.5 Å². The highest BCUT2D eigenvalue weighted by Crippen LogP contribution is 2.27. The molecule has 8 heteroatoms. The molecule has 2 saturated heterocycles. The number of ether oxygens (including phenoxy) is 3. The van der Waals surface area contributed by atoms with E-state index in [1.807, 2.05) is 30.3 Å². The van der Waals surface area contributed by atoms with Gasteiger partial charge in [-0.05, 0) is 68.1 Å². The maximum atomic E-state index is 14.2. The first-order valence-corrected chi connectivity index (χ1v) is 13.9. The van der Waals surface area contributed by atoms with Crippen LogP contribution < -0.4 is 9.47 Å². The fraction of sp³-hybridized carbons (Fsp3) is 0.375. The van der Waals surface area contributed by atoms with E-state index in [1.54, 1.807) is 12.1 Å². The molecule has 0 spiro atoms. The third-order valence-corrected chi connectivity index (χ3v) is 7.75. The fourth-order valence-corrected chi connectivity index (χ4v) is 5.35. The highest BCUT2D eigenvalue weighted by atomic mass is 19.1. The van der Waals surface area contributed by atoms with Crippen LogP contribution in [0.5, 0.6) is 11.5 Å². The molecule has 1 aromatic heterocycles. The lowest BCUT2D eigenvalue weighted by atomic mass is 10.1. The van der Waals surface area contributed by atoms with Crippen molar-refractivity contribution in [2.75, 3.05) is 19.7 Å². The van der Waals surface area contributed by atoms with Crippen LogP contribution in [0.4, 0.5) is 4.39 Å². The van der Waals surface area contributed by atoms with Gasteiger partial charge in [0.1, 0.15) is 35.9 Å². The second kappa shape index (κ2) is 11.7. The average Bonchev–Trinajstić information content (AvgIpc) is 3.27. The van der Waals surface area contributed by atoms with E-state index in [-0.39, 0.29) is 18.8 Å². The minimum absolute atomic E-state index is 0.0800. The van der Waals surface area contributed by atoms with E-state index in [0.29, 0.717) is 16.9 Å². The van der Waals surface area contributed by atoms with Crippen LogP contribution in [0.3, 0.4) is 0 Å². The molecule has 0 N–H and O–H groups in total. The molecule has 40 heavy (non-hydrogen) atoms. The second-order valence-electron chi connectivity index (χ2n) is 10.7. The van der Waals surface area contributed by atoms with Crippen LogP contribution in [-0.4, -0.2) is 46.4 Å². The summed E-state index contributed by atoms with van der Waals surface area (Å²) in [7, 11) is 0. The lowest BCUT2D eigenvalue weighted by Gasteiger charge is -2.32. The molecular formula is C32H33FN4O3. The van der Waals surface area contributed by atoms with Crippen molar-refractivity contribution in [3.05, 3.63) is 89.0 Å². The molecule has 0 aliphatic carbocycles. The molecule has 0 amide bonds. The van der Waals surface area contributed by atoms with Gasteiger partial charge in [0.2, 0.25) is 0 Å². The van der Waals surface area contributed by atoms with Gasteiger partial charge in [-0.3, -0.25) is 4.90 Å². The monoisotopic (exact) mass is 540 g/mol. The Morgan fingerprint density at radius 3 is 2.62 bits per heavy atom. The zero-order valence-corrected chi connectivity index (χ0v) is 22.7. The lowest BCUT2D eigenvalue weighted by Crippen LogP contribution is -2.39. The van der Waals surface area contributed by atoms with Crippen LogP contribution in [0.2, 0.25) is 0 Å². The molecule has 0 bridgehead atoms. The lowest BCUT2D eigenvalue weighted by molar-refractivity contribution is -0.0592. The molecule has 4 aromatic rings. The third-order valence-electron chi connectivity index (χ3n) is 7.75. The highest BCUT2D eigenvalue weighted by Gasteiger charge is 2.25. The van der Waals surface area contributed by atoms with Crippen molar-refractivity contribution < 1.29 is 18.6 Å². The summed E-state index contributed by atoms with van der Waals surface area (Å²) in [5.74, 6) is 2.01. The van der Waals surface area contributed by atoms with Crippen LogP contribution in [0.1, 0.15) is 41.8 Å². The Bertz CT molecular complexity index is 1530. The summed E-state index contributed by atoms with van der Waals surface area (Å²) < 4.78 is 34.4. The number of aryl methyl sites for hydroxylation is 1. The first-order chi connectivity index (χ1) is 19.5. The number of piperidine rings is 1. The van der Waals surface area contributed by atoms with Gasteiger partial charge >= 0.3 is 0 Å². The predicted molar refractivity (Wildman–Crippen MR) is 150 cm³/mol. The minimum Gasteiger partial charge on any atom is -0.490 e. The second-order valence-corrected chi connectivity index (χ2v) is 10.7. The van der Waals surface area contributed by atoms with Crippen molar-refractivity contribution in [1.82, 2.24) is 14.5 Å². The maximum Gasteiger partial charge on any atom is 0.131 e. The number of hydrogen-bond donors (Lipinski definition) is 0. The smallest absolute Gasteiger partial charge is 0.131 e. The number of hydrogen-bond acceptors (Lipinski definition) is 6. The Morgan fingerprint density at radius 1 is 1.05 bits per heavy atom. The highest BCUT2D eigenvalue weighted by molar-refractivity contribution is 5.77. The molecule has 3 aromatic carbocycles. The van der Waals surface area contributed by atoms with Crippen LogP contribution >= 0.6 is 0 Å². The first-order valence-electron chi connectivity index (χ1n) is 13.9. The predicted octanol–water partition coefficient (Wildman–Crippen LogP) is 5.77. The van der Waals surface area contributed by atoms with Gasteiger partial charge in [-0.25, -0.2) is 9.37 Å². The Morgan fingerprint density at radius 2 is 1.88 bits per heavy atom. The maximum absolute atomic E-state index is 14.2. The van der Waals surface area contributed by atoms with Gasteiger partial charge in [-0.1, -0.05) is 18.2 Å².